The second kappa shape index (κ2) is 30.5. The van der Waals surface area contributed by atoms with Crippen molar-refractivity contribution in [1.29, 1.82) is 0 Å². The van der Waals surface area contributed by atoms with Crippen molar-refractivity contribution in [2.24, 2.45) is 0 Å². The van der Waals surface area contributed by atoms with E-state index in [1.807, 2.05) is 18.2 Å². The summed E-state index contributed by atoms with van der Waals surface area (Å²) >= 11 is 0. The van der Waals surface area contributed by atoms with Crippen LogP contribution < -0.4 is 10.5 Å². The molecule has 0 atom stereocenters. The monoisotopic (exact) mass is 599 g/mol. The standard InChI is InChI=1S/C32H57NO9/c1-2-3-4-5-6-7-8-9-10-15-32(34)42-29-27-40-25-23-38-21-19-36-17-16-35-18-20-37-22-24-39-26-28-41-31-14-12-11-13-30(31)33/h11-14H,2-10,15-29,33H2,1H3. The third-order valence-electron chi connectivity index (χ3n) is 6.24. The molecule has 244 valence electrons. The van der Waals surface area contributed by atoms with Crippen LogP contribution in [0.25, 0.3) is 0 Å². The van der Waals surface area contributed by atoms with Crippen LogP contribution in [0, 0.1) is 0 Å². The van der Waals surface area contributed by atoms with Gasteiger partial charge in [0, 0.05) is 6.42 Å². The summed E-state index contributed by atoms with van der Waals surface area (Å²) in [7, 11) is 0. The van der Waals surface area contributed by atoms with E-state index in [-0.39, 0.29) is 5.97 Å². The number of ether oxygens (including phenoxy) is 8. The molecule has 1 aromatic rings. The third kappa shape index (κ3) is 25.7. The first-order valence-corrected chi connectivity index (χ1v) is 15.8. The second-order valence-corrected chi connectivity index (χ2v) is 9.86. The molecule has 1 aromatic carbocycles. The molecular formula is C32H57NO9. The van der Waals surface area contributed by atoms with Gasteiger partial charge in [0.2, 0.25) is 0 Å². The normalized spacial score (nSPS) is 11.2. The van der Waals surface area contributed by atoms with Crippen LogP contribution in [0.3, 0.4) is 0 Å². The van der Waals surface area contributed by atoms with Crippen LogP contribution in [0.4, 0.5) is 5.69 Å². The number of hydrogen-bond acceptors (Lipinski definition) is 10. The molecule has 0 bridgehead atoms. The van der Waals surface area contributed by atoms with E-state index < -0.39 is 0 Å². The van der Waals surface area contributed by atoms with Gasteiger partial charge in [-0.05, 0) is 18.6 Å². The molecule has 0 heterocycles. The Bertz CT molecular complexity index is 723. The fourth-order valence-electron chi connectivity index (χ4n) is 3.89. The lowest BCUT2D eigenvalue weighted by molar-refractivity contribution is -0.145. The number of unbranched alkanes of at least 4 members (excludes halogenated alkanes) is 8. The molecule has 10 heteroatoms. The zero-order valence-electron chi connectivity index (χ0n) is 26.0. The van der Waals surface area contributed by atoms with Crippen molar-refractivity contribution in [1.82, 2.24) is 0 Å². The molecule has 1 rings (SSSR count). The summed E-state index contributed by atoms with van der Waals surface area (Å²) in [6, 6.07) is 7.38. The first kappa shape index (κ1) is 38.1. The highest BCUT2D eigenvalue weighted by Crippen LogP contribution is 2.19. The fraction of sp³-hybridized carbons (Fsp3) is 0.781. The van der Waals surface area contributed by atoms with Gasteiger partial charge in [0.25, 0.3) is 0 Å². The van der Waals surface area contributed by atoms with Crippen molar-refractivity contribution < 1.29 is 42.7 Å². The maximum absolute atomic E-state index is 11.8. The Morgan fingerprint density at radius 3 is 1.43 bits per heavy atom. The highest BCUT2D eigenvalue weighted by atomic mass is 16.6. The van der Waals surface area contributed by atoms with E-state index in [1.54, 1.807) is 6.07 Å². The molecule has 0 aliphatic rings. The molecule has 0 fully saturated rings. The molecule has 0 aliphatic carbocycles. The predicted molar refractivity (Wildman–Crippen MR) is 164 cm³/mol. The largest absolute Gasteiger partial charge is 0.489 e. The number of nitrogens with two attached hydrogens (primary N) is 1. The smallest absolute Gasteiger partial charge is 0.305 e. The van der Waals surface area contributed by atoms with Crippen molar-refractivity contribution >= 4 is 11.7 Å². The molecule has 42 heavy (non-hydrogen) atoms. The average Bonchev–Trinajstić information content (AvgIpc) is 2.99. The van der Waals surface area contributed by atoms with Gasteiger partial charge in [-0.3, -0.25) is 4.79 Å². The molecule has 0 saturated heterocycles. The van der Waals surface area contributed by atoms with Crippen LogP contribution >= 0.6 is 0 Å². The highest BCUT2D eigenvalue weighted by Gasteiger charge is 2.03. The van der Waals surface area contributed by atoms with Gasteiger partial charge in [0.15, 0.2) is 0 Å². The molecule has 0 spiro atoms. The van der Waals surface area contributed by atoms with Gasteiger partial charge in [-0.1, -0.05) is 70.4 Å². The maximum Gasteiger partial charge on any atom is 0.305 e. The van der Waals surface area contributed by atoms with Crippen LogP contribution in [0.5, 0.6) is 5.75 Å². The number of para-hydroxylation sites is 2. The molecule has 10 nitrogen and oxygen atoms in total. The highest BCUT2D eigenvalue weighted by molar-refractivity contribution is 5.69. The molecule has 0 aliphatic heterocycles. The number of rotatable bonds is 32. The topological polar surface area (TPSA) is 117 Å². The van der Waals surface area contributed by atoms with Crippen molar-refractivity contribution in [2.75, 3.05) is 98.2 Å². The zero-order chi connectivity index (χ0) is 30.2. The van der Waals surface area contributed by atoms with E-state index in [2.05, 4.69) is 6.92 Å². The van der Waals surface area contributed by atoms with Gasteiger partial charge in [-0.25, -0.2) is 0 Å². The van der Waals surface area contributed by atoms with Crippen molar-refractivity contribution in [3.05, 3.63) is 24.3 Å². The molecular weight excluding hydrogens is 542 g/mol. The first-order valence-electron chi connectivity index (χ1n) is 15.8. The lowest BCUT2D eigenvalue weighted by atomic mass is 10.1. The number of hydrogen-bond donors (Lipinski definition) is 1. The van der Waals surface area contributed by atoms with E-state index in [1.165, 1.54) is 44.9 Å². The lowest BCUT2D eigenvalue weighted by Crippen LogP contribution is -2.15. The Kier molecular flexibility index (Phi) is 27.7. The number of benzene rings is 1. The Morgan fingerprint density at radius 1 is 0.548 bits per heavy atom. The van der Waals surface area contributed by atoms with Crippen molar-refractivity contribution in [3.8, 4) is 5.75 Å². The summed E-state index contributed by atoms with van der Waals surface area (Å²) < 4.78 is 43.5. The Balaban J connectivity index is 1.68. The number of nitrogen functional groups attached to an aromatic ring is 1. The zero-order valence-corrected chi connectivity index (χ0v) is 26.0. The number of carbonyl (C=O) groups excluding carboxylic acids is 1. The average molecular weight is 600 g/mol. The summed E-state index contributed by atoms with van der Waals surface area (Å²) in [5.41, 5.74) is 6.43. The Hall–Kier alpha value is -1.95. The maximum atomic E-state index is 11.8. The van der Waals surface area contributed by atoms with Gasteiger partial charge in [-0.2, -0.15) is 0 Å². The van der Waals surface area contributed by atoms with Crippen LogP contribution in [0.1, 0.15) is 71.1 Å². The second-order valence-electron chi connectivity index (χ2n) is 9.86. The van der Waals surface area contributed by atoms with E-state index in [9.17, 15) is 4.79 Å². The number of anilines is 1. The quantitative estimate of drug-likeness (QED) is 0.0672. The number of carbonyl (C=O) groups is 1. The summed E-state index contributed by atoms with van der Waals surface area (Å²) in [6.07, 6.45) is 11.6. The third-order valence-corrected chi connectivity index (χ3v) is 6.24. The number of esters is 1. The molecule has 0 aromatic heterocycles. The SMILES string of the molecule is CCCCCCCCCCCC(=O)OCCOCCOCCOCCOCCOCCOCCOc1ccccc1N. The van der Waals surface area contributed by atoms with E-state index in [0.717, 1.165) is 12.8 Å². The summed E-state index contributed by atoms with van der Waals surface area (Å²) in [5.74, 6) is 0.534. The van der Waals surface area contributed by atoms with Crippen molar-refractivity contribution in [2.45, 2.75) is 71.1 Å². The van der Waals surface area contributed by atoms with Gasteiger partial charge in [-0.15, -0.1) is 0 Å². The minimum absolute atomic E-state index is 0.135. The minimum Gasteiger partial charge on any atom is -0.489 e. The summed E-state index contributed by atoms with van der Waals surface area (Å²) in [5, 5.41) is 0. The Morgan fingerprint density at radius 2 is 0.952 bits per heavy atom. The fourth-order valence-corrected chi connectivity index (χ4v) is 3.89. The first-order chi connectivity index (χ1) is 20.7. The van der Waals surface area contributed by atoms with Crippen LogP contribution in [-0.4, -0.2) is 98.5 Å². The van der Waals surface area contributed by atoms with Gasteiger partial charge in [0.05, 0.1) is 85.0 Å². The van der Waals surface area contributed by atoms with E-state index in [4.69, 9.17) is 43.6 Å². The molecule has 0 saturated carbocycles. The Labute approximate surface area is 253 Å². The summed E-state index contributed by atoms with van der Waals surface area (Å²) in [4.78, 5) is 11.8. The lowest BCUT2D eigenvalue weighted by Gasteiger charge is -2.09. The van der Waals surface area contributed by atoms with Gasteiger partial charge in [0.1, 0.15) is 19.0 Å². The minimum atomic E-state index is -0.135. The summed E-state index contributed by atoms with van der Waals surface area (Å²) in [6.45, 7) is 8.74. The van der Waals surface area contributed by atoms with Gasteiger partial charge < -0.3 is 43.6 Å². The molecule has 0 unspecified atom stereocenters. The van der Waals surface area contributed by atoms with E-state index >= 15 is 0 Å². The molecule has 0 amide bonds. The predicted octanol–water partition coefficient (Wildman–Crippen LogP) is 5.21. The van der Waals surface area contributed by atoms with Crippen LogP contribution in [0.15, 0.2) is 24.3 Å². The molecule has 2 N–H and O–H groups in total. The van der Waals surface area contributed by atoms with Crippen LogP contribution in [0.2, 0.25) is 0 Å². The van der Waals surface area contributed by atoms with E-state index in [0.29, 0.717) is 110 Å². The van der Waals surface area contributed by atoms with Gasteiger partial charge >= 0.3 is 5.97 Å². The van der Waals surface area contributed by atoms with Crippen molar-refractivity contribution in [3.63, 3.8) is 0 Å². The van der Waals surface area contributed by atoms with Crippen LogP contribution in [-0.2, 0) is 38.0 Å². The molecule has 0 radical (unpaired) electrons.